The van der Waals surface area contributed by atoms with Crippen molar-refractivity contribution < 1.29 is 4.79 Å². The average Bonchev–Trinajstić information content (AvgIpc) is 2.93. The van der Waals surface area contributed by atoms with Gasteiger partial charge in [0.25, 0.3) is 0 Å². The number of aryl methyl sites for hydroxylation is 1. The maximum Gasteiger partial charge on any atom is 0.323 e. The third-order valence-corrected chi connectivity index (χ3v) is 5.11. The monoisotopic (exact) mass is 330 g/mol. The van der Waals surface area contributed by atoms with Crippen LogP contribution in [0.25, 0.3) is 11.0 Å². The van der Waals surface area contributed by atoms with Crippen LogP contribution in [-0.2, 0) is 11.2 Å². The predicted molar refractivity (Wildman–Crippen MR) is 94.8 cm³/mol. The SMILES string of the molecule is C[C@H]1CCCN(C(=O)CCCc2ccc3[nH]c(=O)[nH]c3c2)[C@@H]1CN. The van der Waals surface area contributed by atoms with Crippen molar-refractivity contribution >= 4 is 16.9 Å². The van der Waals surface area contributed by atoms with Crippen molar-refractivity contribution in [1.82, 2.24) is 14.9 Å². The van der Waals surface area contributed by atoms with Gasteiger partial charge in [-0.15, -0.1) is 0 Å². The van der Waals surface area contributed by atoms with Crippen LogP contribution in [-0.4, -0.2) is 39.9 Å². The minimum Gasteiger partial charge on any atom is -0.338 e. The quantitative estimate of drug-likeness (QED) is 0.779. The maximum absolute atomic E-state index is 12.5. The van der Waals surface area contributed by atoms with E-state index in [4.69, 9.17) is 5.73 Å². The molecule has 6 nitrogen and oxygen atoms in total. The molecule has 6 heteroatoms. The number of nitrogens with one attached hydrogen (secondary N) is 2. The van der Waals surface area contributed by atoms with Gasteiger partial charge in [-0.2, -0.15) is 0 Å². The molecule has 2 atom stereocenters. The Bertz CT molecular complexity index is 764. The van der Waals surface area contributed by atoms with Gasteiger partial charge in [0.1, 0.15) is 0 Å². The molecule has 4 N–H and O–H groups in total. The number of hydrogen-bond acceptors (Lipinski definition) is 3. The Morgan fingerprint density at radius 1 is 1.33 bits per heavy atom. The summed E-state index contributed by atoms with van der Waals surface area (Å²) in [7, 11) is 0. The molecule has 0 aliphatic carbocycles. The number of benzene rings is 1. The highest BCUT2D eigenvalue weighted by Crippen LogP contribution is 2.23. The number of nitrogens with two attached hydrogens (primary N) is 1. The standard InChI is InChI=1S/C18H26N4O2/c1-12-4-3-9-22(16(12)11-19)17(23)6-2-5-13-7-8-14-15(10-13)21-18(24)20-14/h7-8,10,12,16H,2-6,9,11,19H2,1H3,(H2,20,21,24)/t12-,16+/m0/s1. The van der Waals surface area contributed by atoms with Gasteiger partial charge in [0.15, 0.2) is 0 Å². The van der Waals surface area contributed by atoms with Crippen molar-refractivity contribution in [1.29, 1.82) is 0 Å². The zero-order valence-corrected chi connectivity index (χ0v) is 14.2. The van der Waals surface area contributed by atoms with Crippen molar-refractivity contribution in [3.8, 4) is 0 Å². The van der Waals surface area contributed by atoms with E-state index >= 15 is 0 Å². The van der Waals surface area contributed by atoms with Crippen LogP contribution in [0, 0.1) is 5.92 Å². The highest BCUT2D eigenvalue weighted by atomic mass is 16.2. The molecule has 0 bridgehead atoms. The Morgan fingerprint density at radius 2 is 2.12 bits per heavy atom. The van der Waals surface area contributed by atoms with Crippen molar-refractivity contribution in [2.24, 2.45) is 11.7 Å². The number of fused-ring (bicyclic) bond motifs is 1. The summed E-state index contributed by atoms with van der Waals surface area (Å²) in [5.74, 6) is 0.702. The third-order valence-electron chi connectivity index (χ3n) is 5.11. The van der Waals surface area contributed by atoms with Gasteiger partial charge in [-0.1, -0.05) is 13.0 Å². The van der Waals surface area contributed by atoms with E-state index in [0.29, 0.717) is 18.9 Å². The number of nitrogens with zero attached hydrogens (tertiary/aromatic N) is 1. The first-order valence-corrected chi connectivity index (χ1v) is 8.79. The first-order valence-electron chi connectivity index (χ1n) is 8.79. The first-order chi connectivity index (χ1) is 11.6. The fraction of sp³-hybridized carbons (Fsp3) is 0.556. The summed E-state index contributed by atoms with van der Waals surface area (Å²) in [5, 5.41) is 0. The van der Waals surface area contributed by atoms with Gasteiger partial charge in [0.2, 0.25) is 5.91 Å². The molecule has 1 aromatic carbocycles. The molecular weight excluding hydrogens is 304 g/mol. The van der Waals surface area contributed by atoms with Gasteiger partial charge in [-0.25, -0.2) is 4.79 Å². The van der Waals surface area contributed by atoms with Crippen LogP contribution in [0.4, 0.5) is 0 Å². The number of imidazole rings is 1. The number of rotatable bonds is 5. The molecule has 1 aliphatic heterocycles. The fourth-order valence-corrected chi connectivity index (χ4v) is 3.74. The molecule has 1 saturated heterocycles. The lowest BCUT2D eigenvalue weighted by Crippen LogP contribution is -2.51. The van der Waals surface area contributed by atoms with Crippen LogP contribution in [0.3, 0.4) is 0 Å². The molecule has 24 heavy (non-hydrogen) atoms. The number of aromatic amines is 2. The number of likely N-dealkylation sites (tertiary alicyclic amines) is 1. The molecule has 130 valence electrons. The lowest BCUT2D eigenvalue weighted by molar-refractivity contribution is -0.136. The van der Waals surface area contributed by atoms with E-state index < -0.39 is 0 Å². The summed E-state index contributed by atoms with van der Waals surface area (Å²) in [6.45, 7) is 3.57. The van der Waals surface area contributed by atoms with Crippen LogP contribution < -0.4 is 11.4 Å². The summed E-state index contributed by atoms with van der Waals surface area (Å²) >= 11 is 0. The highest BCUT2D eigenvalue weighted by Gasteiger charge is 2.30. The molecule has 1 amide bonds. The van der Waals surface area contributed by atoms with Crippen LogP contribution in [0.5, 0.6) is 0 Å². The van der Waals surface area contributed by atoms with E-state index in [1.54, 1.807) is 0 Å². The minimum absolute atomic E-state index is 0.188. The van der Waals surface area contributed by atoms with Gasteiger partial charge >= 0.3 is 5.69 Å². The van der Waals surface area contributed by atoms with E-state index in [1.165, 1.54) is 0 Å². The van der Waals surface area contributed by atoms with E-state index in [1.807, 2.05) is 23.1 Å². The Hall–Kier alpha value is -2.08. The summed E-state index contributed by atoms with van der Waals surface area (Å²) in [6, 6.07) is 6.07. The Balaban J connectivity index is 1.56. The summed E-state index contributed by atoms with van der Waals surface area (Å²) in [4.78, 5) is 31.3. The molecular formula is C18H26N4O2. The average molecular weight is 330 g/mol. The van der Waals surface area contributed by atoms with Gasteiger partial charge in [0, 0.05) is 25.6 Å². The molecule has 1 aliphatic rings. The second-order valence-corrected chi connectivity index (χ2v) is 6.82. The topological polar surface area (TPSA) is 95.0 Å². The van der Waals surface area contributed by atoms with Crippen LogP contribution in [0.2, 0.25) is 0 Å². The Kier molecular flexibility index (Phi) is 5.04. The van der Waals surface area contributed by atoms with Crippen molar-refractivity contribution in [2.75, 3.05) is 13.1 Å². The van der Waals surface area contributed by atoms with E-state index in [9.17, 15) is 9.59 Å². The normalized spacial score (nSPS) is 21.3. The smallest absolute Gasteiger partial charge is 0.323 e. The first kappa shape index (κ1) is 16.8. The number of piperidine rings is 1. The molecule has 2 aromatic rings. The van der Waals surface area contributed by atoms with E-state index in [-0.39, 0.29) is 17.6 Å². The number of carbonyl (C=O) groups excluding carboxylic acids is 1. The Labute approximate surface area is 141 Å². The van der Waals surface area contributed by atoms with Gasteiger partial charge < -0.3 is 20.6 Å². The van der Waals surface area contributed by atoms with Crippen molar-refractivity contribution in [3.05, 3.63) is 34.2 Å². The van der Waals surface area contributed by atoms with Gasteiger partial charge in [-0.3, -0.25) is 4.79 Å². The number of carbonyl (C=O) groups is 1. The molecule has 0 radical (unpaired) electrons. The Morgan fingerprint density at radius 3 is 2.92 bits per heavy atom. The molecule has 0 unspecified atom stereocenters. The number of hydrogen-bond donors (Lipinski definition) is 3. The van der Waals surface area contributed by atoms with Crippen LogP contribution in [0.15, 0.2) is 23.0 Å². The zero-order valence-electron chi connectivity index (χ0n) is 14.2. The summed E-state index contributed by atoms with van der Waals surface area (Å²) in [6.07, 6.45) is 4.40. The number of H-pyrrole nitrogens is 2. The summed E-state index contributed by atoms with van der Waals surface area (Å²) < 4.78 is 0. The van der Waals surface area contributed by atoms with Gasteiger partial charge in [0.05, 0.1) is 11.0 Å². The van der Waals surface area contributed by atoms with Crippen molar-refractivity contribution in [3.63, 3.8) is 0 Å². The highest BCUT2D eigenvalue weighted by molar-refractivity contribution is 5.77. The lowest BCUT2D eigenvalue weighted by atomic mass is 9.90. The van der Waals surface area contributed by atoms with Crippen LogP contribution in [0.1, 0.15) is 38.2 Å². The van der Waals surface area contributed by atoms with E-state index in [0.717, 1.165) is 48.8 Å². The van der Waals surface area contributed by atoms with Crippen molar-refractivity contribution in [2.45, 2.75) is 45.1 Å². The summed E-state index contributed by atoms with van der Waals surface area (Å²) in [5.41, 5.74) is 8.44. The molecule has 3 rings (SSSR count). The second kappa shape index (κ2) is 7.21. The molecule has 0 spiro atoms. The largest absolute Gasteiger partial charge is 0.338 e. The molecule has 2 heterocycles. The maximum atomic E-state index is 12.5. The fourth-order valence-electron chi connectivity index (χ4n) is 3.74. The molecule has 1 aromatic heterocycles. The van der Waals surface area contributed by atoms with Crippen LogP contribution >= 0.6 is 0 Å². The number of aromatic nitrogens is 2. The second-order valence-electron chi connectivity index (χ2n) is 6.82. The molecule has 0 saturated carbocycles. The van der Waals surface area contributed by atoms with Gasteiger partial charge in [-0.05, 0) is 49.3 Å². The molecule has 1 fully saturated rings. The number of amides is 1. The lowest BCUT2D eigenvalue weighted by Gasteiger charge is -2.39. The van der Waals surface area contributed by atoms with E-state index in [2.05, 4.69) is 16.9 Å². The predicted octanol–water partition coefficient (Wildman–Crippen LogP) is 1.76. The zero-order chi connectivity index (χ0) is 17.1. The minimum atomic E-state index is -0.190. The third kappa shape index (κ3) is 3.53.